The monoisotopic (exact) mass is 427 g/mol. The SMILES string of the molecule is N#CC1CCCN1C(=O)CNC(=O)c1cc(I)cc(C(=O)O)c1. The highest BCUT2D eigenvalue weighted by molar-refractivity contribution is 14.1. The van der Waals surface area contributed by atoms with Gasteiger partial charge >= 0.3 is 5.97 Å². The first kappa shape index (κ1) is 17.2. The smallest absolute Gasteiger partial charge is 0.335 e. The number of halogens is 1. The molecule has 8 heteroatoms. The molecule has 1 aliphatic rings. The number of amides is 2. The molecule has 1 heterocycles. The van der Waals surface area contributed by atoms with Gasteiger partial charge in [-0.15, -0.1) is 0 Å². The fourth-order valence-electron chi connectivity index (χ4n) is 2.40. The predicted octanol–water partition coefficient (Wildman–Crippen LogP) is 1.23. The van der Waals surface area contributed by atoms with Gasteiger partial charge in [0.2, 0.25) is 5.91 Å². The molecule has 2 N–H and O–H groups in total. The van der Waals surface area contributed by atoms with E-state index in [2.05, 4.69) is 11.4 Å². The van der Waals surface area contributed by atoms with Crippen molar-refractivity contribution in [2.24, 2.45) is 0 Å². The molecule has 1 atom stereocenters. The summed E-state index contributed by atoms with van der Waals surface area (Å²) in [5.41, 5.74) is 0.192. The van der Waals surface area contributed by atoms with Crippen molar-refractivity contribution in [3.05, 3.63) is 32.9 Å². The van der Waals surface area contributed by atoms with E-state index in [1.165, 1.54) is 17.0 Å². The Hall–Kier alpha value is -2.15. The molecule has 120 valence electrons. The predicted molar refractivity (Wildman–Crippen MR) is 88.8 cm³/mol. The van der Waals surface area contributed by atoms with Crippen LogP contribution < -0.4 is 5.32 Å². The maximum absolute atomic E-state index is 12.1. The van der Waals surface area contributed by atoms with Gasteiger partial charge in [0.15, 0.2) is 0 Å². The van der Waals surface area contributed by atoms with E-state index in [4.69, 9.17) is 10.4 Å². The normalized spacial score (nSPS) is 16.7. The van der Waals surface area contributed by atoms with Crippen molar-refractivity contribution in [1.82, 2.24) is 10.2 Å². The van der Waals surface area contributed by atoms with Crippen molar-refractivity contribution in [3.63, 3.8) is 0 Å². The number of hydrogen-bond donors (Lipinski definition) is 2. The molecular formula is C15H14IN3O4. The van der Waals surface area contributed by atoms with Crippen LogP contribution in [-0.2, 0) is 4.79 Å². The number of nitriles is 1. The number of carboxylic acids is 1. The van der Waals surface area contributed by atoms with Gasteiger partial charge in [0.25, 0.3) is 5.91 Å². The summed E-state index contributed by atoms with van der Waals surface area (Å²) in [6.45, 7) is 0.296. The molecule has 0 saturated carbocycles. The van der Waals surface area contributed by atoms with Gasteiger partial charge in [-0.05, 0) is 53.6 Å². The number of nitrogens with one attached hydrogen (secondary N) is 1. The lowest BCUT2D eigenvalue weighted by atomic mass is 10.1. The summed E-state index contributed by atoms with van der Waals surface area (Å²) in [6.07, 6.45) is 1.42. The summed E-state index contributed by atoms with van der Waals surface area (Å²) >= 11 is 1.92. The Bertz CT molecular complexity index is 698. The Balaban J connectivity index is 2.01. The van der Waals surface area contributed by atoms with Crippen molar-refractivity contribution in [2.45, 2.75) is 18.9 Å². The van der Waals surface area contributed by atoms with E-state index in [1.807, 2.05) is 22.6 Å². The van der Waals surface area contributed by atoms with Crippen LogP contribution in [0.15, 0.2) is 18.2 Å². The minimum atomic E-state index is -1.12. The van der Waals surface area contributed by atoms with Crippen LogP contribution in [0.1, 0.15) is 33.6 Å². The molecule has 1 saturated heterocycles. The van der Waals surface area contributed by atoms with E-state index in [0.29, 0.717) is 16.5 Å². The van der Waals surface area contributed by atoms with Gasteiger partial charge in [0.05, 0.1) is 18.2 Å². The largest absolute Gasteiger partial charge is 0.478 e. The van der Waals surface area contributed by atoms with Crippen LogP contribution in [0.4, 0.5) is 0 Å². The van der Waals surface area contributed by atoms with Gasteiger partial charge in [-0.1, -0.05) is 0 Å². The third-order valence-corrected chi connectivity index (χ3v) is 4.15. The van der Waals surface area contributed by atoms with Crippen LogP contribution >= 0.6 is 22.6 Å². The topological polar surface area (TPSA) is 111 Å². The average Bonchev–Trinajstić information content (AvgIpc) is 3.00. The number of hydrogen-bond acceptors (Lipinski definition) is 4. The van der Waals surface area contributed by atoms with Crippen LogP contribution in [0.5, 0.6) is 0 Å². The first-order valence-corrected chi connectivity index (χ1v) is 8.01. The highest BCUT2D eigenvalue weighted by atomic mass is 127. The summed E-state index contributed by atoms with van der Waals surface area (Å²) in [7, 11) is 0. The maximum Gasteiger partial charge on any atom is 0.335 e. The Morgan fingerprint density at radius 2 is 2.04 bits per heavy atom. The van der Waals surface area contributed by atoms with Gasteiger partial charge in [-0.2, -0.15) is 5.26 Å². The Kier molecular flexibility index (Phi) is 5.54. The molecule has 0 aliphatic carbocycles. The van der Waals surface area contributed by atoms with Crippen LogP contribution in [-0.4, -0.2) is 46.9 Å². The number of benzene rings is 1. The molecule has 1 aliphatic heterocycles. The second-order valence-electron chi connectivity index (χ2n) is 5.09. The fraction of sp³-hybridized carbons (Fsp3) is 0.333. The third-order valence-electron chi connectivity index (χ3n) is 3.53. The number of carbonyl (C=O) groups is 3. The zero-order valence-corrected chi connectivity index (χ0v) is 14.2. The number of nitrogens with zero attached hydrogens (tertiary/aromatic N) is 2. The van der Waals surface area contributed by atoms with E-state index in [9.17, 15) is 14.4 Å². The number of aromatic carboxylic acids is 1. The maximum atomic E-state index is 12.1. The molecule has 2 rings (SSSR count). The lowest BCUT2D eigenvalue weighted by molar-refractivity contribution is -0.130. The van der Waals surface area contributed by atoms with Crippen LogP contribution in [0, 0.1) is 14.9 Å². The first-order chi connectivity index (χ1) is 10.9. The molecule has 1 unspecified atom stereocenters. The Labute approximate surface area is 146 Å². The summed E-state index contributed by atoms with van der Waals surface area (Å²) in [4.78, 5) is 36.6. The van der Waals surface area contributed by atoms with Crippen LogP contribution in [0.25, 0.3) is 0 Å². The number of carboxylic acid groups (broad SMARTS) is 1. The van der Waals surface area contributed by atoms with Crippen molar-refractivity contribution < 1.29 is 19.5 Å². The molecule has 2 amide bonds. The van der Waals surface area contributed by atoms with E-state index in [0.717, 1.165) is 6.42 Å². The molecule has 0 spiro atoms. The zero-order valence-electron chi connectivity index (χ0n) is 12.1. The Morgan fingerprint density at radius 1 is 1.35 bits per heavy atom. The molecule has 1 fully saturated rings. The number of carbonyl (C=O) groups excluding carboxylic acids is 2. The standard InChI is InChI=1S/C15H14IN3O4/c16-11-5-9(4-10(6-11)15(22)23)14(21)18-8-13(20)19-3-1-2-12(19)7-17/h4-6,12H,1-3,8H2,(H,18,21)(H,22,23). The molecule has 23 heavy (non-hydrogen) atoms. The fourth-order valence-corrected chi connectivity index (χ4v) is 3.07. The van der Waals surface area contributed by atoms with E-state index in [1.54, 1.807) is 6.07 Å². The van der Waals surface area contributed by atoms with Gasteiger partial charge < -0.3 is 15.3 Å². The van der Waals surface area contributed by atoms with Gasteiger partial charge in [-0.25, -0.2) is 4.79 Å². The van der Waals surface area contributed by atoms with Crippen LogP contribution in [0.2, 0.25) is 0 Å². The molecule has 1 aromatic carbocycles. The van der Waals surface area contributed by atoms with Crippen molar-refractivity contribution in [3.8, 4) is 6.07 Å². The molecular weight excluding hydrogens is 413 g/mol. The summed E-state index contributed by atoms with van der Waals surface area (Å²) < 4.78 is 0.614. The first-order valence-electron chi connectivity index (χ1n) is 6.93. The lowest BCUT2D eigenvalue weighted by Crippen LogP contribution is -2.42. The van der Waals surface area contributed by atoms with Crippen molar-refractivity contribution in [2.75, 3.05) is 13.1 Å². The second kappa shape index (κ2) is 7.41. The molecule has 0 bridgehead atoms. The molecule has 0 aromatic heterocycles. The summed E-state index contributed by atoms with van der Waals surface area (Å²) in [5, 5.41) is 20.5. The van der Waals surface area contributed by atoms with Gasteiger partial charge in [0.1, 0.15) is 6.04 Å². The quantitative estimate of drug-likeness (QED) is 0.703. The van der Waals surface area contributed by atoms with Gasteiger partial charge in [-0.3, -0.25) is 9.59 Å². The van der Waals surface area contributed by atoms with E-state index >= 15 is 0 Å². The average molecular weight is 427 g/mol. The lowest BCUT2D eigenvalue weighted by Gasteiger charge is -2.19. The Morgan fingerprint density at radius 3 is 2.70 bits per heavy atom. The van der Waals surface area contributed by atoms with Gasteiger partial charge in [0, 0.05) is 15.7 Å². The minimum Gasteiger partial charge on any atom is -0.478 e. The molecule has 1 aromatic rings. The number of rotatable bonds is 4. The summed E-state index contributed by atoms with van der Waals surface area (Å²) in [6, 6.07) is 5.89. The number of likely N-dealkylation sites (tertiary alicyclic amines) is 1. The van der Waals surface area contributed by atoms with Crippen molar-refractivity contribution >= 4 is 40.4 Å². The van der Waals surface area contributed by atoms with E-state index < -0.39 is 17.9 Å². The molecule has 0 radical (unpaired) electrons. The minimum absolute atomic E-state index is 0.0115. The third kappa shape index (κ3) is 4.19. The van der Waals surface area contributed by atoms with Crippen molar-refractivity contribution in [1.29, 1.82) is 5.26 Å². The highest BCUT2D eigenvalue weighted by Crippen LogP contribution is 2.16. The summed E-state index contributed by atoms with van der Waals surface area (Å²) in [5.74, 6) is -1.96. The second-order valence-corrected chi connectivity index (χ2v) is 6.34. The van der Waals surface area contributed by atoms with E-state index in [-0.39, 0.29) is 23.6 Å². The molecule has 7 nitrogen and oxygen atoms in total. The van der Waals surface area contributed by atoms with Crippen LogP contribution in [0.3, 0.4) is 0 Å². The highest BCUT2D eigenvalue weighted by Gasteiger charge is 2.28. The zero-order chi connectivity index (χ0) is 17.0.